The Hall–Kier alpha value is -3.52. The number of halogens is 2. The van der Waals surface area contributed by atoms with E-state index < -0.39 is 50.7 Å². The van der Waals surface area contributed by atoms with Gasteiger partial charge in [0.15, 0.2) is 5.82 Å². The largest absolute Gasteiger partial charge is 0.527 e. The zero-order chi connectivity index (χ0) is 29.4. The van der Waals surface area contributed by atoms with Gasteiger partial charge in [0, 0.05) is 12.0 Å². The molecule has 220 valence electrons. The molecule has 1 aliphatic carbocycles. The van der Waals surface area contributed by atoms with Crippen LogP contribution in [0.3, 0.4) is 0 Å². The first-order valence-corrected chi connectivity index (χ1v) is 15.1. The average molecular weight is 615 g/mol. The van der Waals surface area contributed by atoms with Gasteiger partial charge in [-0.25, -0.2) is 17.9 Å². The summed E-state index contributed by atoms with van der Waals surface area (Å²) in [6.07, 6.45) is 0.342. The molecule has 18 heteroatoms. The van der Waals surface area contributed by atoms with E-state index >= 15 is 0 Å². The number of aromatic amines is 1. The summed E-state index contributed by atoms with van der Waals surface area (Å²) in [7, 11) is -9.30. The molecule has 5 rings (SSSR count). The number of H-pyrrole nitrogens is 1. The SMILES string of the molecule is Nc1nc2c(c(=O)[nH]1)NCN2C1CC(COP(=O)(O)Oc2ccc(F)cc2)C1COP(=O)(O)Oc1ccc(F)cc1. The standard InChI is InChI=1S/C23H25F2N5O9P2/c24-14-1-5-16(6-2-14)38-40(32,33)36-10-13-9-19(30-12-27-20-21(30)28-23(26)29-22(20)31)18(13)11-37-41(34,35)39-17-7-3-15(25)4-8-17/h1-8,13,18-19,27H,9-12H2,(H,32,33)(H,34,35)(H3,26,28,29,31). The first-order valence-electron chi connectivity index (χ1n) is 12.1. The highest BCUT2D eigenvalue weighted by molar-refractivity contribution is 7.48. The number of benzene rings is 2. The molecule has 0 spiro atoms. The molecule has 1 aliphatic heterocycles. The van der Waals surface area contributed by atoms with Crippen LogP contribution in [0.25, 0.3) is 0 Å². The monoisotopic (exact) mass is 615 g/mol. The fraction of sp³-hybridized carbons (Fsp3) is 0.304. The van der Waals surface area contributed by atoms with Gasteiger partial charge in [0.25, 0.3) is 5.56 Å². The molecule has 14 nitrogen and oxygen atoms in total. The Bertz CT molecular complexity index is 1560. The van der Waals surface area contributed by atoms with Crippen molar-refractivity contribution in [3.05, 3.63) is 70.5 Å². The molecule has 5 atom stereocenters. The second-order valence-electron chi connectivity index (χ2n) is 9.30. The van der Waals surface area contributed by atoms with E-state index in [1.165, 1.54) is 0 Å². The van der Waals surface area contributed by atoms with Gasteiger partial charge in [-0.1, -0.05) is 0 Å². The van der Waals surface area contributed by atoms with Crippen molar-refractivity contribution < 1.29 is 45.8 Å². The van der Waals surface area contributed by atoms with E-state index in [9.17, 15) is 32.5 Å². The zero-order valence-electron chi connectivity index (χ0n) is 21.1. The van der Waals surface area contributed by atoms with Crippen LogP contribution in [-0.4, -0.2) is 45.7 Å². The predicted molar refractivity (Wildman–Crippen MR) is 141 cm³/mol. The summed E-state index contributed by atoms with van der Waals surface area (Å²) >= 11 is 0. The zero-order valence-corrected chi connectivity index (χ0v) is 22.8. The van der Waals surface area contributed by atoms with Crippen LogP contribution in [0.1, 0.15) is 6.42 Å². The maximum absolute atomic E-state index is 13.2. The molecule has 6 N–H and O–H groups in total. The molecule has 2 aliphatic rings. The van der Waals surface area contributed by atoms with Gasteiger partial charge in [0.2, 0.25) is 5.95 Å². The number of fused-ring (bicyclic) bond motifs is 1. The minimum Gasteiger partial charge on any atom is -0.404 e. The van der Waals surface area contributed by atoms with Gasteiger partial charge in [0.1, 0.15) is 28.8 Å². The third-order valence-electron chi connectivity index (χ3n) is 6.61. The fourth-order valence-electron chi connectivity index (χ4n) is 4.61. The van der Waals surface area contributed by atoms with Crippen LogP contribution in [0.5, 0.6) is 11.5 Å². The van der Waals surface area contributed by atoms with Gasteiger partial charge in [0.05, 0.1) is 19.9 Å². The number of aromatic nitrogens is 2. The third kappa shape index (κ3) is 6.87. The molecule has 3 aromatic rings. The van der Waals surface area contributed by atoms with Crippen molar-refractivity contribution in [2.45, 2.75) is 12.5 Å². The first kappa shape index (κ1) is 29.0. The number of nitrogens with zero attached hydrogens (tertiary/aromatic N) is 2. The molecule has 0 saturated heterocycles. The maximum Gasteiger partial charge on any atom is 0.527 e. The van der Waals surface area contributed by atoms with Crippen LogP contribution in [0, 0.1) is 23.5 Å². The van der Waals surface area contributed by atoms with E-state index in [-0.39, 0.29) is 48.8 Å². The lowest BCUT2D eigenvalue weighted by atomic mass is 9.69. The van der Waals surface area contributed by atoms with Gasteiger partial charge in [-0.3, -0.25) is 28.6 Å². The van der Waals surface area contributed by atoms with E-state index in [0.717, 1.165) is 48.5 Å². The van der Waals surface area contributed by atoms with Gasteiger partial charge >= 0.3 is 15.6 Å². The van der Waals surface area contributed by atoms with Crippen LogP contribution >= 0.6 is 15.6 Å². The Kier molecular flexibility index (Phi) is 8.06. The van der Waals surface area contributed by atoms with Gasteiger partial charge in [-0.2, -0.15) is 4.98 Å². The number of hydrogen-bond acceptors (Lipinski definition) is 11. The molecule has 5 unspecified atom stereocenters. The molecule has 41 heavy (non-hydrogen) atoms. The Balaban J connectivity index is 1.29. The maximum atomic E-state index is 13.2. The fourth-order valence-corrected chi connectivity index (χ4v) is 6.24. The molecule has 0 amide bonds. The average Bonchev–Trinajstić information content (AvgIpc) is 3.29. The summed E-state index contributed by atoms with van der Waals surface area (Å²) < 4.78 is 71.9. The van der Waals surface area contributed by atoms with E-state index in [4.69, 9.17) is 23.8 Å². The lowest BCUT2D eigenvalue weighted by Gasteiger charge is -2.48. The van der Waals surface area contributed by atoms with E-state index in [1.807, 2.05) is 0 Å². The lowest BCUT2D eigenvalue weighted by molar-refractivity contribution is 0.0211. The molecular weight excluding hydrogens is 590 g/mol. The van der Waals surface area contributed by atoms with Crippen LogP contribution < -0.4 is 30.6 Å². The molecule has 0 radical (unpaired) electrons. The minimum absolute atomic E-state index is 0.0867. The number of phosphoric acid groups is 2. The second-order valence-corrected chi connectivity index (χ2v) is 12.1. The van der Waals surface area contributed by atoms with Crippen LogP contribution in [-0.2, 0) is 18.2 Å². The first-order chi connectivity index (χ1) is 19.4. The summed E-state index contributed by atoms with van der Waals surface area (Å²) in [5.74, 6) is -2.23. The van der Waals surface area contributed by atoms with Gasteiger partial charge < -0.3 is 25.0 Å². The quantitative estimate of drug-likeness (QED) is 0.197. The lowest BCUT2D eigenvalue weighted by Crippen LogP contribution is -2.55. The summed E-state index contributed by atoms with van der Waals surface area (Å²) in [4.78, 5) is 41.0. The highest BCUT2D eigenvalue weighted by Crippen LogP contribution is 2.51. The molecule has 0 bridgehead atoms. The van der Waals surface area contributed by atoms with E-state index in [2.05, 4.69) is 15.3 Å². The van der Waals surface area contributed by atoms with Crippen molar-refractivity contribution in [2.24, 2.45) is 11.8 Å². The van der Waals surface area contributed by atoms with Crippen molar-refractivity contribution in [3.63, 3.8) is 0 Å². The highest BCUT2D eigenvalue weighted by Gasteiger charge is 2.48. The van der Waals surface area contributed by atoms with Crippen LogP contribution in [0.15, 0.2) is 53.3 Å². The molecule has 1 fully saturated rings. The number of nitrogens with two attached hydrogens (primary N) is 1. The number of nitrogen functional groups attached to an aromatic ring is 1. The predicted octanol–water partition coefficient (Wildman–Crippen LogP) is 3.22. The van der Waals surface area contributed by atoms with Crippen molar-refractivity contribution in [3.8, 4) is 11.5 Å². The van der Waals surface area contributed by atoms with Crippen molar-refractivity contribution in [1.29, 1.82) is 0 Å². The van der Waals surface area contributed by atoms with Crippen LogP contribution in [0.2, 0.25) is 0 Å². The smallest absolute Gasteiger partial charge is 0.404 e. The molecular formula is C23H25F2N5O9P2. The summed E-state index contributed by atoms with van der Waals surface area (Å²) in [5, 5.41) is 2.93. The molecule has 1 saturated carbocycles. The van der Waals surface area contributed by atoms with Crippen molar-refractivity contribution in [2.75, 3.05) is 35.8 Å². The Morgan fingerprint density at radius 3 is 2.05 bits per heavy atom. The third-order valence-corrected chi connectivity index (χ3v) is 8.45. The number of hydrogen-bond donors (Lipinski definition) is 5. The summed E-state index contributed by atoms with van der Waals surface area (Å²) in [5.41, 5.74) is 5.43. The highest BCUT2D eigenvalue weighted by atomic mass is 31.2. The number of nitrogens with one attached hydrogen (secondary N) is 2. The van der Waals surface area contributed by atoms with Gasteiger partial charge in [-0.05, 0) is 60.9 Å². The summed E-state index contributed by atoms with van der Waals surface area (Å²) in [6.45, 7) is -0.515. The normalized spacial score (nSPS) is 22.5. The number of rotatable bonds is 11. The van der Waals surface area contributed by atoms with Crippen LogP contribution in [0.4, 0.5) is 26.2 Å². The molecule has 2 heterocycles. The second kappa shape index (κ2) is 11.4. The van der Waals surface area contributed by atoms with Crippen molar-refractivity contribution in [1.82, 2.24) is 9.97 Å². The molecule has 2 aromatic carbocycles. The topological polar surface area (TPSA) is 199 Å². The van der Waals surface area contributed by atoms with E-state index in [0.29, 0.717) is 6.42 Å². The minimum atomic E-state index is -4.68. The van der Waals surface area contributed by atoms with Crippen molar-refractivity contribution >= 4 is 33.1 Å². The van der Waals surface area contributed by atoms with Gasteiger partial charge in [-0.15, -0.1) is 0 Å². The van der Waals surface area contributed by atoms with E-state index in [1.54, 1.807) is 4.90 Å². The number of phosphoric ester groups is 2. The summed E-state index contributed by atoms with van der Waals surface area (Å²) in [6, 6.07) is 8.41. The Labute approximate surface area is 231 Å². The Morgan fingerprint density at radius 2 is 1.49 bits per heavy atom. The molecule has 1 aromatic heterocycles. The number of anilines is 3. The Morgan fingerprint density at radius 1 is 0.951 bits per heavy atom.